The lowest BCUT2D eigenvalue weighted by molar-refractivity contribution is -0.415. The second-order valence-electron chi connectivity index (χ2n) is 3.67. The molecule has 0 unspecified atom stereocenters. The van der Waals surface area contributed by atoms with E-state index in [1.807, 2.05) is 0 Å². The lowest BCUT2D eigenvalue weighted by atomic mass is 10.2. The van der Waals surface area contributed by atoms with Gasteiger partial charge in [-0.05, 0) is 31.2 Å². The Morgan fingerprint density at radius 3 is 2.62 bits per heavy atom. The molecular formula is C13H15N3O5. The number of hydrogen-bond donors (Lipinski definition) is 1. The molecule has 0 aliphatic heterocycles. The fraction of sp³-hybridized carbons (Fsp3) is 0.231. The van der Waals surface area contributed by atoms with E-state index in [0.29, 0.717) is 17.9 Å². The topological polar surface area (TPSA) is 103 Å². The average Bonchev–Trinajstić information content (AvgIpc) is 2.47. The van der Waals surface area contributed by atoms with Gasteiger partial charge >= 0.3 is 11.7 Å². The predicted octanol–water partition coefficient (Wildman–Crippen LogP) is 1.83. The maximum absolute atomic E-state index is 11.4. The lowest BCUT2D eigenvalue weighted by Crippen LogP contribution is -2.08. The van der Waals surface area contributed by atoms with Gasteiger partial charge in [-0.1, -0.05) is 0 Å². The average molecular weight is 293 g/mol. The zero-order valence-corrected chi connectivity index (χ0v) is 11.6. The van der Waals surface area contributed by atoms with Gasteiger partial charge in [0.2, 0.25) is 0 Å². The molecule has 8 heteroatoms. The largest absolute Gasteiger partial charge is 0.462 e. The number of nitro groups is 1. The van der Waals surface area contributed by atoms with Crippen molar-refractivity contribution in [1.82, 2.24) is 5.48 Å². The third-order valence-electron chi connectivity index (χ3n) is 2.26. The first-order chi connectivity index (χ1) is 10.1. The van der Waals surface area contributed by atoms with Gasteiger partial charge in [0.1, 0.15) is 12.4 Å². The monoisotopic (exact) mass is 293 g/mol. The van der Waals surface area contributed by atoms with Crippen LogP contribution in [0, 0.1) is 10.1 Å². The number of carbonyl (C=O) groups excluding carboxylic acids is 1. The van der Waals surface area contributed by atoms with Gasteiger partial charge in [-0.2, -0.15) is 0 Å². The number of nitrogens with zero attached hydrogens (tertiary/aromatic N) is 2. The highest BCUT2D eigenvalue weighted by molar-refractivity contribution is 5.89. The number of nitrogens with one attached hydrogen (secondary N) is 1. The van der Waals surface area contributed by atoms with Crippen molar-refractivity contribution < 1.29 is 19.3 Å². The molecule has 21 heavy (non-hydrogen) atoms. The first-order valence-corrected chi connectivity index (χ1v) is 6.02. The molecule has 0 aromatic heterocycles. The van der Waals surface area contributed by atoms with Gasteiger partial charge in [-0.15, -0.1) is 0 Å². The fourth-order valence-electron chi connectivity index (χ4n) is 1.30. The van der Waals surface area contributed by atoms with E-state index in [0.717, 1.165) is 12.4 Å². The van der Waals surface area contributed by atoms with Crippen LogP contribution in [0.2, 0.25) is 0 Å². The summed E-state index contributed by atoms with van der Waals surface area (Å²) >= 11 is 0. The highest BCUT2D eigenvalue weighted by Gasteiger charge is 2.07. The molecule has 0 spiro atoms. The van der Waals surface area contributed by atoms with Gasteiger partial charge in [-0.25, -0.2) is 9.79 Å². The number of rotatable bonds is 7. The summed E-state index contributed by atoms with van der Waals surface area (Å²) in [6, 6.07) is 6.19. The number of esters is 1. The van der Waals surface area contributed by atoms with Crippen LogP contribution < -0.4 is 5.48 Å². The minimum Gasteiger partial charge on any atom is -0.462 e. The van der Waals surface area contributed by atoms with Crippen molar-refractivity contribution in [2.24, 2.45) is 4.99 Å². The SMILES string of the molecule is CCOC(=O)c1ccc(N=C/C(=C\NOC)[N+](=O)[O-])cc1. The Hall–Kier alpha value is -2.74. The fourth-order valence-corrected chi connectivity index (χ4v) is 1.30. The molecule has 0 saturated carbocycles. The Kier molecular flexibility index (Phi) is 6.55. The standard InChI is InChI=1S/C13H15N3O5/c1-3-21-13(17)10-4-6-11(7-5-10)14-8-12(16(18)19)9-15-20-2/h4-9,15H,3H2,1-2H3/b12-9+,14-8?. The van der Waals surface area contributed by atoms with Crippen LogP contribution in [-0.4, -0.2) is 30.8 Å². The first-order valence-electron chi connectivity index (χ1n) is 6.02. The molecule has 112 valence electrons. The van der Waals surface area contributed by atoms with Crippen molar-refractivity contribution >= 4 is 17.9 Å². The van der Waals surface area contributed by atoms with E-state index in [2.05, 4.69) is 15.3 Å². The maximum Gasteiger partial charge on any atom is 0.338 e. The highest BCUT2D eigenvalue weighted by Crippen LogP contribution is 2.13. The van der Waals surface area contributed by atoms with E-state index in [1.54, 1.807) is 19.1 Å². The van der Waals surface area contributed by atoms with Gasteiger partial charge in [0, 0.05) is 0 Å². The van der Waals surface area contributed by atoms with Crippen LogP contribution in [0.4, 0.5) is 5.69 Å². The Balaban J connectivity index is 2.80. The molecular weight excluding hydrogens is 278 g/mol. The smallest absolute Gasteiger partial charge is 0.338 e. The second-order valence-corrected chi connectivity index (χ2v) is 3.67. The van der Waals surface area contributed by atoms with Gasteiger partial charge < -0.3 is 4.74 Å². The maximum atomic E-state index is 11.4. The van der Waals surface area contributed by atoms with Gasteiger partial charge in [0.05, 0.1) is 29.9 Å². The van der Waals surface area contributed by atoms with E-state index in [4.69, 9.17) is 4.74 Å². The number of ether oxygens (including phenoxy) is 1. The second kappa shape index (κ2) is 8.43. The molecule has 8 nitrogen and oxygen atoms in total. The highest BCUT2D eigenvalue weighted by atomic mass is 16.6. The number of aliphatic imine (C=N–C) groups is 1. The van der Waals surface area contributed by atoms with Crippen LogP contribution in [0.5, 0.6) is 0 Å². The van der Waals surface area contributed by atoms with E-state index < -0.39 is 10.9 Å². The lowest BCUT2D eigenvalue weighted by Gasteiger charge is -2.01. The van der Waals surface area contributed by atoms with Gasteiger partial charge in [0.15, 0.2) is 0 Å². The van der Waals surface area contributed by atoms with Crippen LogP contribution in [0.1, 0.15) is 17.3 Å². The molecule has 0 heterocycles. The number of carbonyl (C=O) groups is 1. The Bertz CT molecular complexity index is 551. The van der Waals surface area contributed by atoms with E-state index in [1.165, 1.54) is 19.2 Å². The number of hydrogen-bond acceptors (Lipinski definition) is 7. The summed E-state index contributed by atoms with van der Waals surface area (Å²) in [5.41, 5.74) is 2.83. The van der Waals surface area contributed by atoms with Crippen LogP contribution in [0.25, 0.3) is 0 Å². The van der Waals surface area contributed by atoms with Crippen molar-refractivity contribution in [3.05, 3.63) is 51.8 Å². The Morgan fingerprint density at radius 2 is 2.10 bits per heavy atom. The summed E-state index contributed by atoms with van der Waals surface area (Å²) in [4.78, 5) is 30.0. The first kappa shape index (κ1) is 16.3. The van der Waals surface area contributed by atoms with Crippen LogP contribution in [0.15, 0.2) is 41.2 Å². The van der Waals surface area contributed by atoms with E-state index in [-0.39, 0.29) is 5.70 Å². The molecule has 1 rings (SSSR count). The summed E-state index contributed by atoms with van der Waals surface area (Å²) in [5.74, 6) is -0.428. The molecule has 0 fully saturated rings. The summed E-state index contributed by atoms with van der Waals surface area (Å²) in [7, 11) is 1.33. The van der Waals surface area contributed by atoms with Crippen molar-refractivity contribution in [2.75, 3.05) is 13.7 Å². The normalized spacial score (nSPS) is 11.4. The number of allylic oxidation sites excluding steroid dienone is 1. The molecule has 0 atom stereocenters. The molecule has 1 aromatic rings. The van der Waals surface area contributed by atoms with Crippen molar-refractivity contribution in [1.29, 1.82) is 0 Å². The zero-order chi connectivity index (χ0) is 15.7. The molecule has 0 bridgehead atoms. The van der Waals surface area contributed by atoms with Crippen LogP contribution >= 0.6 is 0 Å². The minimum atomic E-state index is -0.609. The molecule has 0 saturated heterocycles. The molecule has 1 aromatic carbocycles. The van der Waals surface area contributed by atoms with Crippen LogP contribution in [-0.2, 0) is 9.57 Å². The van der Waals surface area contributed by atoms with E-state index >= 15 is 0 Å². The summed E-state index contributed by atoms with van der Waals surface area (Å²) in [6.07, 6.45) is 2.14. The Labute approximate surface area is 121 Å². The molecule has 0 radical (unpaired) electrons. The van der Waals surface area contributed by atoms with Crippen molar-refractivity contribution in [2.45, 2.75) is 6.92 Å². The van der Waals surface area contributed by atoms with Crippen molar-refractivity contribution in [3.63, 3.8) is 0 Å². The van der Waals surface area contributed by atoms with E-state index in [9.17, 15) is 14.9 Å². The summed E-state index contributed by atoms with van der Waals surface area (Å²) in [6.45, 7) is 2.01. The quantitative estimate of drug-likeness (QED) is 0.356. The number of hydroxylamine groups is 1. The third-order valence-corrected chi connectivity index (χ3v) is 2.26. The van der Waals surface area contributed by atoms with Gasteiger partial charge in [-0.3, -0.25) is 20.4 Å². The summed E-state index contributed by atoms with van der Waals surface area (Å²) < 4.78 is 4.84. The van der Waals surface area contributed by atoms with Crippen molar-refractivity contribution in [3.8, 4) is 0 Å². The number of benzene rings is 1. The minimum absolute atomic E-state index is 0.272. The molecule has 0 aliphatic rings. The molecule has 0 aliphatic carbocycles. The van der Waals surface area contributed by atoms with Gasteiger partial charge in [0.25, 0.3) is 0 Å². The summed E-state index contributed by atoms with van der Waals surface area (Å²) in [5, 5.41) is 10.7. The molecule has 1 N–H and O–H groups in total. The Morgan fingerprint density at radius 1 is 1.43 bits per heavy atom. The predicted molar refractivity (Wildman–Crippen MR) is 75.8 cm³/mol. The van der Waals surface area contributed by atoms with Crippen LogP contribution in [0.3, 0.4) is 0 Å². The zero-order valence-electron chi connectivity index (χ0n) is 11.6. The molecule has 0 amide bonds. The third kappa shape index (κ3) is 5.41.